The standard InChI is InChI=1S/C27H34N10O4/c1-40-24-10-6-20(7-11-24)30-26(38)28-16-22-18-36(34-32-22)14-4-3-5-15-37-19-23(33-35-37)17-29-27(39)31-21-8-12-25(41-2)13-9-21/h6-13,18-19H,3-5,14-17H2,1-2H3,(H2,28,30,38)(H2,29,31,39). The third-order valence-corrected chi connectivity index (χ3v) is 6.00. The zero-order valence-corrected chi connectivity index (χ0v) is 23.0. The lowest BCUT2D eigenvalue weighted by Gasteiger charge is -2.07. The number of carbonyl (C=O) groups excluding carboxylic acids is 2. The van der Waals surface area contributed by atoms with Crippen molar-refractivity contribution >= 4 is 23.4 Å². The first kappa shape index (κ1) is 28.9. The minimum atomic E-state index is -0.325. The molecule has 0 aliphatic heterocycles. The van der Waals surface area contributed by atoms with Crippen LogP contribution in [0, 0.1) is 0 Å². The molecule has 216 valence electrons. The number of carbonyl (C=O) groups is 2. The summed E-state index contributed by atoms with van der Waals surface area (Å²) in [5.41, 5.74) is 2.69. The number of hydrogen-bond acceptors (Lipinski definition) is 8. The van der Waals surface area contributed by atoms with Crippen LogP contribution in [0.25, 0.3) is 0 Å². The van der Waals surface area contributed by atoms with Gasteiger partial charge in [-0.3, -0.25) is 9.36 Å². The fourth-order valence-corrected chi connectivity index (χ4v) is 3.82. The number of aryl methyl sites for hydroxylation is 2. The number of nitrogens with one attached hydrogen (secondary N) is 4. The molecule has 0 aliphatic rings. The first-order valence-electron chi connectivity index (χ1n) is 13.2. The van der Waals surface area contributed by atoms with E-state index in [1.807, 2.05) is 12.4 Å². The van der Waals surface area contributed by atoms with Crippen molar-refractivity contribution in [3.05, 3.63) is 72.3 Å². The van der Waals surface area contributed by atoms with E-state index in [1.54, 1.807) is 72.1 Å². The second-order valence-corrected chi connectivity index (χ2v) is 9.08. The summed E-state index contributed by atoms with van der Waals surface area (Å²) in [4.78, 5) is 24.2. The maximum absolute atomic E-state index is 12.1. The van der Waals surface area contributed by atoms with Crippen LogP contribution >= 0.6 is 0 Å². The maximum Gasteiger partial charge on any atom is 0.319 e. The van der Waals surface area contributed by atoms with Crippen molar-refractivity contribution in [2.45, 2.75) is 45.4 Å². The zero-order chi connectivity index (χ0) is 28.9. The van der Waals surface area contributed by atoms with Gasteiger partial charge >= 0.3 is 12.1 Å². The Morgan fingerprint density at radius 3 is 1.46 bits per heavy atom. The molecule has 14 heteroatoms. The molecule has 0 radical (unpaired) electrons. The van der Waals surface area contributed by atoms with Crippen LogP contribution in [0.5, 0.6) is 11.5 Å². The Bertz CT molecular complexity index is 1280. The van der Waals surface area contributed by atoms with Crippen LogP contribution in [-0.4, -0.2) is 56.3 Å². The fourth-order valence-electron chi connectivity index (χ4n) is 3.82. The highest BCUT2D eigenvalue weighted by atomic mass is 16.5. The second kappa shape index (κ2) is 14.9. The number of rotatable bonds is 14. The van der Waals surface area contributed by atoms with Gasteiger partial charge < -0.3 is 30.7 Å². The zero-order valence-electron chi connectivity index (χ0n) is 23.0. The van der Waals surface area contributed by atoms with E-state index in [-0.39, 0.29) is 25.2 Å². The number of nitrogens with zero attached hydrogens (tertiary/aromatic N) is 6. The molecule has 0 atom stereocenters. The molecule has 0 fully saturated rings. The van der Waals surface area contributed by atoms with Crippen molar-refractivity contribution in [1.29, 1.82) is 0 Å². The lowest BCUT2D eigenvalue weighted by molar-refractivity contribution is 0.251. The Morgan fingerprint density at radius 1 is 0.659 bits per heavy atom. The number of hydrogen-bond donors (Lipinski definition) is 4. The molecule has 4 amide bonds. The predicted molar refractivity (Wildman–Crippen MR) is 152 cm³/mol. The highest BCUT2D eigenvalue weighted by Gasteiger charge is 2.07. The highest BCUT2D eigenvalue weighted by molar-refractivity contribution is 5.89. The van der Waals surface area contributed by atoms with Crippen molar-refractivity contribution in [3.63, 3.8) is 0 Å². The number of urea groups is 2. The molecule has 0 saturated carbocycles. The Balaban J connectivity index is 1.07. The van der Waals surface area contributed by atoms with Crippen molar-refractivity contribution in [3.8, 4) is 11.5 Å². The summed E-state index contributed by atoms with van der Waals surface area (Å²) in [7, 11) is 3.18. The molecule has 2 aromatic heterocycles. The van der Waals surface area contributed by atoms with E-state index in [1.165, 1.54) is 0 Å². The smallest absolute Gasteiger partial charge is 0.319 e. The third kappa shape index (κ3) is 9.53. The van der Waals surface area contributed by atoms with Gasteiger partial charge in [0.15, 0.2) is 0 Å². The van der Waals surface area contributed by atoms with Gasteiger partial charge in [-0.15, -0.1) is 10.2 Å². The normalized spacial score (nSPS) is 10.6. The van der Waals surface area contributed by atoms with Gasteiger partial charge in [-0.1, -0.05) is 10.4 Å². The quantitative estimate of drug-likeness (QED) is 0.170. The van der Waals surface area contributed by atoms with E-state index >= 15 is 0 Å². The Labute approximate surface area is 237 Å². The third-order valence-electron chi connectivity index (χ3n) is 6.00. The Morgan fingerprint density at radius 2 is 1.07 bits per heavy atom. The average Bonchev–Trinajstić information content (AvgIpc) is 3.65. The molecular formula is C27H34N10O4. The van der Waals surface area contributed by atoms with Gasteiger partial charge in [-0.05, 0) is 67.8 Å². The fraction of sp³-hybridized carbons (Fsp3) is 0.333. The van der Waals surface area contributed by atoms with Gasteiger partial charge in [0, 0.05) is 24.5 Å². The monoisotopic (exact) mass is 562 g/mol. The maximum atomic E-state index is 12.1. The number of benzene rings is 2. The number of methoxy groups -OCH3 is 2. The lowest BCUT2D eigenvalue weighted by Crippen LogP contribution is -2.28. The van der Waals surface area contributed by atoms with Gasteiger partial charge in [-0.25, -0.2) is 9.59 Å². The molecule has 2 heterocycles. The number of unbranched alkanes of at least 4 members (excludes halogenated alkanes) is 2. The number of amides is 4. The Kier molecular flexibility index (Phi) is 10.5. The summed E-state index contributed by atoms with van der Waals surface area (Å²) in [6, 6.07) is 13.5. The summed E-state index contributed by atoms with van der Waals surface area (Å²) >= 11 is 0. The molecule has 2 aromatic carbocycles. The molecule has 0 unspecified atom stereocenters. The molecular weight excluding hydrogens is 528 g/mol. The van der Waals surface area contributed by atoms with Crippen LogP contribution in [0.4, 0.5) is 21.0 Å². The molecule has 0 spiro atoms. The molecule has 4 N–H and O–H groups in total. The molecule has 41 heavy (non-hydrogen) atoms. The highest BCUT2D eigenvalue weighted by Crippen LogP contribution is 2.15. The number of ether oxygens (including phenoxy) is 2. The van der Waals surface area contributed by atoms with Crippen molar-refractivity contribution in [2.75, 3.05) is 24.9 Å². The van der Waals surface area contributed by atoms with Crippen LogP contribution in [0.3, 0.4) is 0 Å². The number of anilines is 2. The van der Waals surface area contributed by atoms with Gasteiger partial charge in [0.2, 0.25) is 0 Å². The van der Waals surface area contributed by atoms with Crippen molar-refractivity contribution in [2.24, 2.45) is 0 Å². The van der Waals surface area contributed by atoms with E-state index in [0.717, 1.165) is 43.9 Å². The van der Waals surface area contributed by atoms with Gasteiger partial charge in [0.05, 0.1) is 39.7 Å². The molecule has 14 nitrogen and oxygen atoms in total. The second-order valence-electron chi connectivity index (χ2n) is 9.08. The summed E-state index contributed by atoms with van der Waals surface area (Å²) in [5.74, 6) is 1.44. The average molecular weight is 563 g/mol. The van der Waals surface area contributed by atoms with E-state index in [9.17, 15) is 9.59 Å². The predicted octanol–water partition coefficient (Wildman–Crippen LogP) is 3.40. The largest absolute Gasteiger partial charge is 0.497 e. The van der Waals surface area contributed by atoms with Crippen molar-refractivity contribution < 1.29 is 19.1 Å². The molecule has 4 rings (SSSR count). The van der Waals surface area contributed by atoms with E-state index in [4.69, 9.17) is 9.47 Å². The molecule has 4 aromatic rings. The van der Waals surface area contributed by atoms with Crippen LogP contribution in [0.1, 0.15) is 30.7 Å². The summed E-state index contributed by atoms with van der Waals surface area (Å²) < 4.78 is 13.8. The van der Waals surface area contributed by atoms with E-state index in [2.05, 4.69) is 41.9 Å². The first-order chi connectivity index (χ1) is 20.0. The van der Waals surface area contributed by atoms with E-state index < -0.39 is 0 Å². The van der Waals surface area contributed by atoms with E-state index in [0.29, 0.717) is 22.8 Å². The van der Waals surface area contributed by atoms with Gasteiger partial charge in [-0.2, -0.15) is 0 Å². The van der Waals surface area contributed by atoms with Gasteiger partial charge in [0.1, 0.15) is 22.9 Å². The Hall–Kier alpha value is -5.14. The minimum Gasteiger partial charge on any atom is -0.497 e. The number of aromatic nitrogens is 6. The summed E-state index contributed by atoms with van der Waals surface area (Å²) in [5, 5.41) is 27.6. The first-order valence-corrected chi connectivity index (χ1v) is 13.2. The molecule has 0 aliphatic carbocycles. The van der Waals surface area contributed by atoms with Crippen LogP contribution in [0.2, 0.25) is 0 Å². The van der Waals surface area contributed by atoms with Crippen LogP contribution < -0.4 is 30.7 Å². The molecule has 0 bridgehead atoms. The van der Waals surface area contributed by atoms with Gasteiger partial charge in [0.25, 0.3) is 0 Å². The summed E-state index contributed by atoms with van der Waals surface area (Å²) in [6.45, 7) is 1.99. The molecule has 0 saturated heterocycles. The van der Waals surface area contributed by atoms with Crippen molar-refractivity contribution in [1.82, 2.24) is 40.6 Å². The SMILES string of the molecule is COc1ccc(NC(=O)NCc2cn(CCCCCn3cc(CNC(=O)Nc4ccc(OC)cc4)nn3)nn2)cc1. The topological polar surface area (TPSA) is 162 Å². The lowest BCUT2D eigenvalue weighted by atomic mass is 10.2. The van der Waals surface area contributed by atoms with Crippen LogP contribution in [-0.2, 0) is 26.2 Å². The minimum absolute atomic E-state index is 0.272. The summed E-state index contributed by atoms with van der Waals surface area (Å²) in [6.07, 6.45) is 6.46. The van der Waals surface area contributed by atoms with Crippen LogP contribution in [0.15, 0.2) is 60.9 Å².